The zero-order valence-corrected chi connectivity index (χ0v) is 13.4. The van der Waals surface area contributed by atoms with E-state index in [1.807, 2.05) is 44.4 Å². The van der Waals surface area contributed by atoms with Crippen molar-refractivity contribution in [3.05, 3.63) is 0 Å². The molecular weight excluding hydrogens is 260 g/mol. The highest BCUT2D eigenvalue weighted by Gasteiger charge is 2.43. The Kier molecular flexibility index (Phi) is 6.17. The Morgan fingerprint density at radius 2 is 1.89 bits per heavy atom. The Morgan fingerprint density at radius 1 is 1.26 bits per heavy atom. The van der Waals surface area contributed by atoms with Crippen LogP contribution in [-0.2, 0) is 9.59 Å². The quantitative estimate of drug-likeness (QED) is 0.811. The summed E-state index contributed by atoms with van der Waals surface area (Å²) in [6.45, 7) is 10.1. The lowest BCUT2D eigenvalue weighted by Crippen LogP contribution is -2.66. The maximum Gasteiger partial charge on any atom is 0.246 e. The molecule has 0 aromatic carbocycles. The average molecular weight is 286 g/mol. The minimum Gasteiger partial charge on any atom is -0.343 e. The summed E-state index contributed by atoms with van der Waals surface area (Å²) in [5, 5.41) is 2.85. The normalized spacial score (nSPS) is 25.7. The van der Waals surface area contributed by atoms with Gasteiger partial charge < -0.3 is 10.2 Å². The predicted octanol–water partition coefficient (Wildman–Crippen LogP) is 1.89. The molecule has 1 heterocycles. The SMILES string of the molecule is CCSCC(C)N1C(=O)C(CC)NC(=O)C1C(C)C. The van der Waals surface area contributed by atoms with Gasteiger partial charge in [-0.1, -0.05) is 27.7 Å². The number of rotatable bonds is 6. The molecule has 1 saturated heterocycles. The van der Waals surface area contributed by atoms with Gasteiger partial charge in [-0.2, -0.15) is 11.8 Å². The number of nitrogens with one attached hydrogen (secondary N) is 1. The summed E-state index contributed by atoms with van der Waals surface area (Å²) in [4.78, 5) is 26.6. The zero-order valence-electron chi connectivity index (χ0n) is 12.6. The van der Waals surface area contributed by atoms with Gasteiger partial charge in [0.25, 0.3) is 0 Å². The molecule has 0 spiro atoms. The first-order valence-electron chi connectivity index (χ1n) is 7.14. The third-order valence-electron chi connectivity index (χ3n) is 3.52. The van der Waals surface area contributed by atoms with E-state index in [0.29, 0.717) is 6.42 Å². The second-order valence-corrected chi connectivity index (χ2v) is 6.73. The lowest BCUT2D eigenvalue weighted by Gasteiger charge is -2.43. The molecule has 0 aliphatic carbocycles. The fraction of sp³-hybridized carbons (Fsp3) is 0.857. The zero-order chi connectivity index (χ0) is 14.6. The molecular formula is C14H26N2O2S. The minimum absolute atomic E-state index is 0.00482. The van der Waals surface area contributed by atoms with Gasteiger partial charge in [0, 0.05) is 11.8 Å². The minimum atomic E-state index is -0.350. The summed E-state index contributed by atoms with van der Waals surface area (Å²) in [5.41, 5.74) is 0. The predicted molar refractivity (Wildman–Crippen MR) is 80.2 cm³/mol. The average Bonchev–Trinajstić information content (AvgIpc) is 2.37. The lowest BCUT2D eigenvalue weighted by atomic mass is 9.95. The number of piperazine rings is 1. The third-order valence-corrected chi connectivity index (χ3v) is 4.64. The van der Waals surface area contributed by atoms with Crippen LogP contribution in [-0.4, -0.2) is 46.3 Å². The Bertz CT molecular complexity index is 333. The van der Waals surface area contributed by atoms with Gasteiger partial charge in [-0.25, -0.2) is 0 Å². The van der Waals surface area contributed by atoms with Crippen LogP contribution in [0.3, 0.4) is 0 Å². The number of hydrogen-bond donors (Lipinski definition) is 1. The van der Waals surface area contributed by atoms with Crippen LogP contribution < -0.4 is 5.32 Å². The van der Waals surface area contributed by atoms with Crippen LogP contribution in [0.5, 0.6) is 0 Å². The van der Waals surface area contributed by atoms with E-state index in [-0.39, 0.29) is 35.9 Å². The number of carbonyl (C=O) groups is 2. The molecule has 2 amide bonds. The van der Waals surface area contributed by atoms with Gasteiger partial charge in [-0.15, -0.1) is 0 Å². The molecule has 1 rings (SSSR count). The number of hydrogen-bond acceptors (Lipinski definition) is 3. The number of nitrogens with zero attached hydrogens (tertiary/aromatic N) is 1. The Labute approximate surface area is 120 Å². The highest BCUT2D eigenvalue weighted by molar-refractivity contribution is 7.99. The van der Waals surface area contributed by atoms with Crippen molar-refractivity contribution >= 4 is 23.6 Å². The lowest BCUT2D eigenvalue weighted by molar-refractivity contribution is -0.153. The van der Waals surface area contributed by atoms with Gasteiger partial charge >= 0.3 is 0 Å². The molecule has 0 saturated carbocycles. The maximum absolute atomic E-state index is 12.5. The van der Waals surface area contributed by atoms with Crippen LogP contribution in [0.2, 0.25) is 0 Å². The Balaban J connectivity index is 2.95. The molecule has 0 bridgehead atoms. The third kappa shape index (κ3) is 3.65. The van der Waals surface area contributed by atoms with Crippen molar-refractivity contribution in [3.63, 3.8) is 0 Å². The molecule has 0 aromatic heterocycles. The van der Waals surface area contributed by atoms with Crippen molar-refractivity contribution in [2.75, 3.05) is 11.5 Å². The van der Waals surface area contributed by atoms with Crippen LogP contribution in [0.1, 0.15) is 41.0 Å². The van der Waals surface area contributed by atoms with Gasteiger partial charge in [0.05, 0.1) is 0 Å². The van der Waals surface area contributed by atoms with Gasteiger partial charge in [0.1, 0.15) is 12.1 Å². The van der Waals surface area contributed by atoms with E-state index in [1.165, 1.54) is 0 Å². The van der Waals surface area contributed by atoms with E-state index in [1.54, 1.807) is 0 Å². The molecule has 3 atom stereocenters. The molecule has 1 aliphatic rings. The number of carbonyl (C=O) groups excluding carboxylic acids is 2. The van der Waals surface area contributed by atoms with E-state index in [4.69, 9.17) is 0 Å². The van der Waals surface area contributed by atoms with E-state index >= 15 is 0 Å². The van der Waals surface area contributed by atoms with Gasteiger partial charge in [-0.05, 0) is 25.0 Å². The summed E-state index contributed by atoms with van der Waals surface area (Å²) < 4.78 is 0. The molecule has 3 unspecified atom stereocenters. The monoisotopic (exact) mass is 286 g/mol. The number of thioether (sulfide) groups is 1. The summed E-state index contributed by atoms with van der Waals surface area (Å²) in [7, 11) is 0. The molecule has 1 N–H and O–H groups in total. The van der Waals surface area contributed by atoms with E-state index in [9.17, 15) is 9.59 Å². The van der Waals surface area contributed by atoms with Crippen molar-refractivity contribution in [1.82, 2.24) is 10.2 Å². The summed E-state index contributed by atoms with van der Waals surface area (Å²) in [6, 6.07) is -0.579. The summed E-state index contributed by atoms with van der Waals surface area (Å²) >= 11 is 1.81. The van der Waals surface area contributed by atoms with Crippen molar-refractivity contribution in [2.45, 2.75) is 59.2 Å². The largest absolute Gasteiger partial charge is 0.343 e. The molecule has 0 radical (unpaired) electrons. The van der Waals surface area contributed by atoms with Crippen molar-refractivity contribution < 1.29 is 9.59 Å². The van der Waals surface area contributed by atoms with Gasteiger partial charge in [0.2, 0.25) is 11.8 Å². The first-order valence-corrected chi connectivity index (χ1v) is 8.29. The Hall–Kier alpha value is -0.710. The highest BCUT2D eigenvalue weighted by Crippen LogP contribution is 2.23. The van der Waals surface area contributed by atoms with Crippen LogP contribution in [0, 0.1) is 5.92 Å². The van der Waals surface area contributed by atoms with Crippen LogP contribution >= 0.6 is 11.8 Å². The molecule has 0 aromatic rings. The summed E-state index contributed by atoms with van der Waals surface area (Å²) in [6.07, 6.45) is 0.652. The maximum atomic E-state index is 12.5. The fourth-order valence-corrected chi connectivity index (χ4v) is 3.26. The second kappa shape index (κ2) is 7.17. The van der Waals surface area contributed by atoms with Gasteiger partial charge in [-0.3, -0.25) is 9.59 Å². The molecule has 4 nitrogen and oxygen atoms in total. The highest BCUT2D eigenvalue weighted by atomic mass is 32.2. The standard InChI is InChI=1S/C14H26N2O2S/c1-6-11-14(18)16(10(5)8-19-7-2)12(9(3)4)13(17)15-11/h9-12H,6-8H2,1-5H3,(H,15,17). The molecule has 1 aliphatic heterocycles. The smallest absolute Gasteiger partial charge is 0.246 e. The topological polar surface area (TPSA) is 49.4 Å². The second-order valence-electron chi connectivity index (χ2n) is 5.41. The fourth-order valence-electron chi connectivity index (χ4n) is 2.52. The van der Waals surface area contributed by atoms with Crippen molar-refractivity contribution in [2.24, 2.45) is 5.92 Å². The van der Waals surface area contributed by atoms with Crippen LogP contribution in [0.4, 0.5) is 0 Å². The van der Waals surface area contributed by atoms with Crippen molar-refractivity contribution in [1.29, 1.82) is 0 Å². The van der Waals surface area contributed by atoms with E-state index in [2.05, 4.69) is 12.2 Å². The van der Waals surface area contributed by atoms with E-state index < -0.39 is 0 Å². The first kappa shape index (κ1) is 16.3. The summed E-state index contributed by atoms with van der Waals surface area (Å²) in [5.74, 6) is 2.12. The molecule has 5 heteroatoms. The van der Waals surface area contributed by atoms with Crippen LogP contribution in [0.25, 0.3) is 0 Å². The van der Waals surface area contributed by atoms with E-state index in [0.717, 1.165) is 11.5 Å². The first-order chi connectivity index (χ1) is 8.93. The van der Waals surface area contributed by atoms with Crippen molar-refractivity contribution in [3.8, 4) is 0 Å². The molecule has 1 fully saturated rings. The molecule has 19 heavy (non-hydrogen) atoms. The van der Waals surface area contributed by atoms with Gasteiger partial charge in [0.15, 0.2) is 0 Å². The molecule has 110 valence electrons. The van der Waals surface area contributed by atoms with Crippen LogP contribution in [0.15, 0.2) is 0 Å². The Morgan fingerprint density at radius 3 is 2.37 bits per heavy atom. The number of amides is 2.